The van der Waals surface area contributed by atoms with E-state index in [2.05, 4.69) is 4.72 Å². The predicted molar refractivity (Wildman–Crippen MR) is 113 cm³/mol. The van der Waals surface area contributed by atoms with E-state index in [4.69, 9.17) is 13.9 Å². The van der Waals surface area contributed by atoms with E-state index in [1.54, 1.807) is 44.2 Å². The summed E-state index contributed by atoms with van der Waals surface area (Å²) < 4.78 is 42.9. The molecule has 0 fully saturated rings. The highest BCUT2D eigenvalue weighted by Crippen LogP contribution is 2.27. The number of furan rings is 1. The summed E-state index contributed by atoms with van der Waals surface area (Å²) in [5.74, 6) is -1.51. The maximum absolute atomic E-state index is 12.4. The van der Waals surface area contributed by atoms with Crippen LogP contribution in [0.3, 0.4) is 0 Å². The zero-order valence-corrected chi connectivity index (χ0v) is 18.2. The van der Waals surface area contributed by atoms with Crippen LogP contribution in [0, 0.1) is 13.8 Å². The third-order valence-electron chi connectivity index (χ3n) is 4.73. The van der Waals surface area contributed by atoms with Crippen molar-refractivity contribution in [3.8, 4) is 0 Å². The van der Waals surface area contributed by atoms with E-state index in [0.717, 1.165) is 11.1 Å². The summed E-state index contributed by atoms with van der Waals surface area (Å²) in [5, 5.41) is 0.606. The number of fused-ring (bicyclic) bond motifs is 1. The highest BCUT2D eigenvalue weighted by Gasteiger charge is 2.23. The second-order valence-corrected chi connectivity index (χ2v) is 8.62. The Kier molecular flexibility index (Phi) is 6.77. The molecule has 0 aliphatic carbocycles. The predicted octanol–water partition coefficient (Wildman–Crippen LogP) is 3.25. The van der Waals surface area contributed by atoms with Gasteiger partial charge in [0.1, 0.15) is 18.7 Å². The number of sulfonamides is 1. The number of hydrogen-bond acceptors (Lipinski definition) is 7. The number of esters is 2. The van der Waals surface area contributed by atoms with Gasteiger partial charge in [0.2, 0.25) is 15.8 Å². The smallest absolute Gasteiger partial charge is 0.374 e. The molecule has 1 N–H and O–H groups in total. The van der Waals surface area contributed by atoms with Crippen molar-refractivity contribution in [1.82, 2.24) is 4.72 Å². The molecule has 0 aliphatic rings. The molecular weight excluding hydrogens is 422 g/mol. The van der Waals surface area contributed by atoms with E-state index >= 15 is 0 Å². The monoisotopic (exact) mass is 445 g/mol. The molecule has 0 amide bonds. The maximum atomic E-state index is 12.4. The van der Waals surface area contributed by atoms with E-state index in [0.29, 0.717) is 16.5 Å². The van der Waals surface area contributed by atoms with Crippen molar-refractivity contribution in [2.75, 3.05) is 13.2 Å². The molecule has 0 saturated carbocycles. The molecular formula is C22H23NO7S. The Morgan fingerprint density at radius 3 is 2.48 bits per heavy atom. The fraction of sp³-hybridized carbons (Fsp3) is 0.273. The van der Waals surface area contributed by atoms with Crippen LogP contribution in [0.15, 0.2) is 51.8 Å². The lowest BCUT2D eigenvalue weighted by atomic mass is 10.1. The van der Waals surface area contributed by atoms with Crippen molar-refractivity contribution >= 4 is 32.9 Å². The molecule has 1 heterocycles. The van der Waals surface area contributed by atoms with Gasteiger partial charge in [-0.25, -0.2) is 13.2 Å². The van der Waals surface area contributed by atoms with Crippen LogP contribution in [0.4, 0.5) is 0 Å². The molecule has 31 heavy (non-hydrogen) atoms. The van der Waals surface area contributed by atoms with E-state index in [9.17, 15) is 18.0 Å². The van der Waals surface area contributed by atoms with E-state index < -0.39 is 28.5 Å². The quantitative estimate of drug-likeness (QED) is 0.530. The van der Waals surface area contributed by atoms with Gasteiger partial charge < -0.3 is 13.9 Å². The number of carbonyl (C=O) groups excluding carboxylic acids is 2. The third kappa shape index (κ3) is 5.12. The Hall–Kier alpha value is -3.17. The number of rotatable bonds is 8. The fourth-order valence-electron chi connectivity index (χ4n) is 2.93. The SMILES string of the molecule is CCOC(=O)c1oc2ccccc2c1COC(=O)CNS(=O)(=O)c1ccc(C)c(C)c1. The molecule has 0 spiro atoms. The first-order valence-corrected chi connectivity index (χ1v) is 11.1. The van der Waals surface area contributed by atoms with Gasteiger partial charge in [0.15, 0.2) is 0 Å². The summed E-state index contributed by atoms with van der Waals surface area (Å²) in [6.45, 7) is 4.69. The Balaban J connectivity index is 1.69. The molecule has 9 heteroatoms. The molecule has 0 unspecified atom stereocenters. The molecule has 3 rings (SSSR count). The van der Waals surface area contributed by atoms with Gasteiger partial charge in [0.25, 0.3) is 0 Å². The molecule has 3 aromatic rings. The Morgan fingerprint density at radius 2 is 1.77 bits per heavy atom. The molecule has 0 saturated heterocycles. The Labute approximate surface area is 180 Å². The van der Waals surface area contributed by atoms with Crippen LogP contribution in [0.1, 0.15) is 34.2 Å². The van der Waals surface area contributed by atoms with Gasteiger partial charge in [0.05, 0.1) is 17.1 Å². The average Bonchev–Trinajstić information content (AvgIpc) is 3.11. The van der Waals surface area contributed by atoms with Crippen molar-refractivity contribution in [3.05, 3.63) is 64.9 Å². The van der Waals surface area contributed by atoms with Crippen molar-refractivity contribution in [1.29, 1.82) is 0 Å². The molecule has 0 bridgehead atoms. The van der Waals surface area contributed by atoms with Gasteiger partial charge in [-0.3, -0.25) is 4.79 Å². The first-order valence-electron chi connectivity index (χ1n) is 9.63. The summed E-state index contributed by atoms with van der Waals surface area (Å²) in [6.07, 6.45) is 0. The molecule has 0 radical (unpaired) electrons. The molecule has 2 aromatic carbocycles. The second-order valence-electron chi connectivity index (χ2n) is 6.86. The zero-order chi connectivity index (χ0) is 22.6. The highest BCUT2D eigenvalue weighted by molar-refractivity contribution is 7.89. The van der Waals surface area contributed by atoms with E-state index in [-0.39, 0.29) is 23.9 Å². The number of para-hydroxylation sites is 1. The van der Waals surface area contributed by atoms with Crippen molar-refractivity contribution in [2.24, 2.45) is 0 Å². The van der Waals surface area contributed by atoms with Crippen LogP contribution in [0.2, 0.25) is 0 Å². The Bertz CT molecular complexity index is 1230. The maximum Gasteiger partial charge on any atom is 0.374 e. The van der Waals surface area contributed by atoms with Gasteiger partial charge in [-0.2, -0.15) is 4.72 Å². The number of hydrogen-bond donors (Lipinski definition) is 1. The standard InChI is InChI=1S/C22H23NO7S/c1-4-28-22(25)21-18(17-7-5-6-8-19(17)30-21)13-29-20(24)12-23-31(26,27)16-10-9-14(2)15(3)11-16/h5-11,23H,4,12-13H2,1-3H3. The molecule has 0 aliphatic heterocycles. The Morgan fingerprint density at radius 1 is 1.03 bits per heavy atom. The fourth-order valence-corrected chi connectivity index (χ4v) is 3.98. The van der Waals surface area contributed by atoms with Gasteiger partial charge in [-0.1, -0.05) is 24.3 Å². The van der Waals surface area contributed by atoms with E-state index in [1.165, 1.54) is 12.1 Å². The molecule has 8 nitrogen and oxygen atoms in total. The van der Waals surface area contributed by atoms with Crippen LogP contribution in [-0.4, -0.2) is 33.5 Å². The van der Waals surface area contributed by atoms with Crippen LogP contribution < -0.4 is 4.72 Å². The number of carbonyl (C=O) groups is 2. The second kappa shape index (κ2) is 9.32. The van der Waals surface area contributed by atoms with Crippen LogP contribution in [0.5, 0.6) is 0 Å². The van der Waals surface area contributed by atoms with E-state index in [1.807, 2.05) is 6.92 Å². The summed E-state index contributed by atoms with van der Waals surface area (Å²) in [7, 11) is -3.87. The number of benzene rings is 2. The minimum Gasteiger partial charge on any atom is -0.460 e. The normalized spacial score (nSPS) is 11.5. The largest absolute Gasteiger partial charge is 0.460 e. The zero-order valence-electron chi connectivity index (χ0n) is 17.4. The minimum atomic E-state index is -3.87. The number of ether oxygens (including phenoxy) is 2. The van der Waals surface area contributed by atoms with Gasteiger partial charge in [-0.15, -0.1) is 0 Å². The molecule has 0 atom stereocenters. The van der Waals surface area contributed by atoms with Crippen LogP contribution in [-0.2, 0) is 30.9 Å². The summed E-state index contributed by atoms with van der Waals surface area (Å²) in [5.41, 5.74) is 2.60. The first-order chi connectivity index (χ1) is 14.7. The average molecular weight is 445 g/mol. The highest BCUT2D eigenvalue weighted by atomic mass is 32.2. The van der Waals surface area contributed by atoms with Crippen LogP contribution >= 0.6 is 0 Å². The van der Waals surface area contributed by atoms with Gasteiger partial charge in [0, 0.05) is 5.39 Å². The van der Waals surface area contributed by atoms with Crippen LogP contribution in [0.25, 0.3) is 11.0 Å². The lowest BCUT2D eigenvalue weighted by molar-refractivity contribution is -0.143. The lowest BCUT2D eigenvalue weighted by Crippen LogP contribution is -2.30. The van der Waals surface area contributed by atoms with Gasteiger partial charge >= 0.3 is 11.9 Å². The lowest BCUT2D eigenvalue weighted by Gasteiger charge is -2.09. The van der Waals surface area contributed by atoms with Crippen molar-refractivity contribution in [2.45, 2.75) is 32.3 Å². The summed E-state index contributed by atoms with van der Waals surface area (Å²) in [6, 6.07) is 11.6. The van der Waals surface area contributed by atoms with Crippen molar-refractivity contribution < 1.29 is 31.9 Å². The van der Waals surface area contributed by atoms with Gasteiger partial charge in [-0.05, 0) is 50.1 Å². The minimum absolute atomic E-state index is 0.0495. The number of nitrogens with one attached hydrogen (secondary N) is 1. The van der Waals surface area contributed by atoms with Crippen molar-refractivity contribution in [3.63, 3.8) is 0 Å². The third-order valence-corrected chi connectivity index (χ3v) is 6.13. The first kappa shape index (κ1) is 22.5. The number of aryl methyl sites for hydroxylation is 2. The summed E-state index contributed by atoms with van der Waals surface area (Å²) in [4.78, 5) is 24.4. The molecule has 1 aromatic heterocycles. The summed E-state index contributed by atoms with van der Waals surface area (Å²) >= 11 is 0. The topological polar surface area (TPSA) is 112 Å². The molecule has 164 valence electrons.